The number of methoxy groups -OCH3 is 2. The van der Waals surface area contributed by atoms with Gasteiger partial charge in [-0.1, -0.05) is 65.7 Å². The van der Waals surface area contributed by atoms with Crippen LogP contribution in [-0.2, 0) is 24.3 Å². The number of carbonyl (C=O) groups is 1. The molecule has 15 heteroatoms. The first-order chi connectivity index (χ1) is 26.4. The molecule has 8 rings (SSSR count). The molecule has 3 aromatic heterocycles. The first-order valence-corrected chi connectivity index (χ1v) is 18.9. The molecule has 0 unspecified atom stereocenters. The van der Waals surface area contributed by atoms with Gasteiger partial charge in [0.2, 0.25) is 23.5 Å². The second kappa shape index (κ2) is 15.9. The zero-order valence-electron chi connectivity index (χ0n) is 30.1. The topological polar surface area (TPSA) is 152 Å². The number of benzene rings is 2. The summed E-state index contributed by atoms with van der Waals surface area (Å²) in [5, 5.41) is 21.9. The van der Waals surface area contributed by atoms with Gasteiger partial charge >= 0.3 is 0 Å². The van der Waals surface area contributed by atoms with Gasteiger partial charge in [0.05, 0.1) is 24.9 Å². The molecule has 1 amide bonds. The number of likely N-dealkylation sites (tertiary alicyclic amines) is 1. The van der Waals surface area contributed by atoms with Crippen molar-refractivity contribution in [2.75, 3.05) is 33.9 Å². The van der Waals surface area contributed by atoms with Crippen LogP contribution in [0.15, 0.2) is 54.6 Å². The molecular weight excluding hydrogens is 729 g/mol. The Morgan fingerprint density at radius 3 is 2.52 bits per heavy atom. The summed E-state index contributed by atoms with van der Waals surface area (Å²) in [6.45, 7) is 3.61. The van der Waals surface area contributed by atoms with Crippen molar-refractivity contribution in [2.24, 2.45) is 0 Å². The molecule has 3 atom stereocenters. The summed E-state index contributed by atoms with van der Waals surface area (Å²) in [6, 6.07) is 18.3. The highest BCUT2D eigenvalue weighted by Crippen LogP contribution is 2.45. The minimum absolute atomic E-state index is 0.106. The van der Waals surface area contributed by atoms with Crippen molar-refractivity contribution in [1.29, 1.82) is 0 Å². The third-order valence-corrected chi connectivity index (χ3v) is 11.2. The number of hydrogen-bond donors (Lipinski definition) is 3. The average molecular weight is 771 g/mol. The molecule has 13 nitrogen and oxygen atoms in total. The van der Waals surface area contributed by atoms with Crippen LogP contribution in [-0.4, -0.2) is 81.3 Å². The monoisotopic (exact) mass is 769 g/mol. The van der Waals surface area contributed by atoms with E-state index in [1.165, 1.54) is 5.56 Å². The molecule has 2 fully saturated rings. The largest absolute Gasteiger partial charge is 0.481 e. The highest BCUT2D eigenvalue weighted by atomic mass is 35.5. The van der Waals surface area contributed by atoms with Gasteiger partial charge in [0.15, 0.2) is 5.82 Å². The predicted octanol–water partition coefficient (Wildman–Crippen LogP) is 6.07. The van der Waals surface area contributed by atoms with Crippen molar-refractivity contribution >= 4 is 29.1 Å². The van der Waals surface area contributed by atoms with Crippen LogP contribution in [0.25, 0.3) is 22.4 Å². The number of halogens is 2. The van der Waals surface area contributed by atoms with Crippen molar-refractivity contribution in [3.8, 4) is 40.0 Å². The van der Waals surface area contributed by atoms with Crippen LogP contribution in [0.3, 0.4) is 0 Å². The van der Waals surface area contributed by atoms with Gasteiger partial charge in [0.1, 0.15) is 11.1 Å². The zero-order chi connectivity index (χ0) is 37.2. The van der Waals surface area contributed by atoms with Crippen molar-refractivity contribution in [1.82, 2.24) is 46.1 Å². The Labute approximate surface area is 323 Å². The average Bonchev–Trinajstić information content (AvgIpc) is 4.02. The molecular formula is C39H41Cl2N9O4. The van der Waals surface area contributed by atoms with Crippen molar-refractivity contribution in [3.63, 3.8) is 0 Å². The molecule has 5 heterocycles. The molecule has 0 spiro atoms. The van der Waals surface area contributed by atoms with Gasteiger partial charge in [-0.25, -0.2) is 10.1 Å². The fraction of sp³-hybridized carbons (Fsp3) is 0.385. The molecule has 0 bridgehead atoms. The summed E-state index contributed by atoms with van der Waals surface area (Å²) >= 11 is 14.0. The zero-order valence-corrected chi connectivity index (χ0v) is 31.6. The maximum Gasteiger partial charge on any atom is 0.236 e. The van der Waals surface area contributed by atoms with E-state index in [0.29, 0.717) is 59.4 Å². The van der Waals surface area contributed by atoms with E-state index in [2.05, 4.69) is 48.3 Å². The number of amides is 1. The van der Waals surface area contributed by atoms with Crippen LogP contribution in [0.2, 0.25) is 10.0 Å². The van der Waals surface area contributed by atoms with E-state index in [-0.39, 0.29) is 24.0 Å². The molecule has 3 aliphatic rings. The Balaban J connectivity index is 0.980. The molecule has 280 valence electrons. The normalized spacial score (nSPS) is 19.6. The van der Waals surface area contributed by atoms with E-state index in [9.17, 15) is 4.79 Å². The fourth-order valence-electron chi connectivity index (χ4n) is 7.85. The standard InChI is InChI=1S/C39H41Cl2N9O4/c1-52-37-22(18-42-19-25-10-14-34(51)43-25)9-12-32(44-37)30-8-4-7-29(35(30)41)26-5-3-6-28-27(26)11-13-33(28)54-39-31(40)17-24(38(45-39)53-2)21-50-16-15-23(20-50)36-46-48-49-47-36/h3-9,12,17,23,25,33,42H,10-11,13-16,18-21H2,1-2H3,(H,43,51)(H,46,47,48,49)/t23-,25+,33+/m1/s1. The molecule has 2 aromatic carbocycles. The summed E-state index contributed by atoms with van der Waals surface area (Å²) in [7, 11) is 3.23. The van der Waals surface area contributed by atoms with E-state index < -0.39 is 0 Å². The highest BCUT2D eigenvalue weighted by molar-refractivity contribution is 6.36. The van der Waals surface area contributed by atoms with Crippen molar-refractivity contribution in [3.05, 3.63) is 92.7 Å². The second-order valence-electron chi connectivity index (χ2n) is 13.9. The number of nitrogens with one attached hydrogen (secondary N) is 3. The summed E-state index contributed by atoms with van der Waals surface area (Å²) in [5.74, 6) is 2.52. The Kier molecular flexibility index (Phi) is 10.6. The first-order valence-electron chi connectivity index (χ1n) is 18.2. The number of carbonyl (C=O) groups excluding carboxylic acids is 1. The van der Waals surface area contributed by atoms with E-state index in [1.54, 1.807) is 14.2 Å². The third kappa shape index (κ3) is 7.45. The minimum Gasteiger partial charge on any atom is -0.481 e. The lowest BCUT2D eigenvalue weighted by molar-refractivity contribution is -0.119. The van der Waals surface area contributed by atoms with Crippen LogP contribution in [0.5, 0.6) is 17.6 Å². The van der Waals surface area contributed by atoms with Gasteiger partial charge in [-0.05, 0) is 71.5 Å². The minimum atomic E-state index is -0.241. The van der Waals surface area contributed by atoms with Crippen molar-refractivity contribution in [2.45, 2.75) is 63.3 Å². The smallest absolute Gasteiger partial charge is 0.236 e. The molecule has 0 saturated carbocycles. The molecule has 3 N–H and O–H groups in total. The maximum absolute atomic E-state index is 11.5. The van der Waals surface area contributed by atoms with Crippen molar-refractivity contribution < 1.29 is 19.0 Å². The Hall–Kier alpha value is -4.82. The summed E-state index contributed by atoms with van der Waals surface area (Å²) in [5.41, 5.74) is 7.57. The lowest BCUT2D eigenvalue weighted by atomic mass is 9.94. The number of nitrogens with zero attached hydrogens (tertiary/aromatic N) is 6. The number of aromatic amines is 1. The first kappa shape index (κ1) is 36.2. The quantitative estimate of drug-likeness (QED) is 0.128. The van der Waals surface area contributed by atoms with E-state index >= 15 is 0 Å². The number of aromatic nitrogens is 6. The van der Waals surface area contributed by atoms with E-state index in [0.717, 1.165) is 78.0 Å². The summed E-state index contributed by atoms with van der Waals surface area (Å²) in [6.07, 6.45) is 3.70. The van der Waals surface area contributed by atoms with Crippen LogP contribution in [0, 0.1) is 0 Å². The van der Waals surface area contributed by atoms with Gasteiger partial charge in [-0.3, -0.25) is 9.69 Å². The molecule has 54 heavy (non-hydrogen) atoms. The number of rotatable bonds is 13. The number of ether oxygens (including phenoxy) is 3. The third-order valence-electron chi connectivity index (χ3n) is 10.5. The fourth-order valence-corrected chi connectivity index (χ4v) is 8.40. The van der Waals surface area contributed by atoms with Gasteiger partial charge in [0, 0.05) is 66.8 Å². The van der Waals surface area contributed by atoms with Gasteiger partial charge in [-0.2, -0.15) is 4.98 Å². The lowest BCUT2D eigenvalue weighted by Crippen LogP contribution is -2.35. The molecule has 2 aliphatic heterocycles. The van der Waals surface area contributed by atoms with Crippen LogP contribution >= 0.6 is 23.2 Å². The number of fused-ring (bicyclic) bond motifs is 1. The molecule has 5 aromatic rings. The summed E-state index contributed by atoms with van der Waals surface area (Å²) in [4.78, 5) is 23.4. The summed E-state index contributed by atoms with van der Waals surface area (Å²) < 4.78 is 17.9. The van der Waals surface area contributed by atoms with Gasteiger partial charge < -0.3 is 24.8 Å². The van der Waals surface area contributed by atoms with E-state index in [4.69, 9.17) is 47.4 Å². The number of tetrazole rings is 1. The van der Waals surface area contributed by atoms with E-state index in [1.807, 2.05) is 42.5 Å². The second-order valence-corrected chi connectivity index (χ2v) is 14.7. The number of pyridine rings is 2. The lowest BCUT2D eigenvalue weighted by Gasteiger charge is -2.20. The molecule has 0 radical (unpaired) electrons. The van der Waals surface area contributed by atoms with Gasteiger partial charge in [0.25, 0.3) is 0 Å². The Bertz CT molecular complexity index is 2150. The number of hydrogen-bond acceptors (Lipinski definition) is 11. The Morgan fingerprint density at radius 1 is 0.907 bits per heavy atom. The SMILES string of the molecule is COc1nc(-c2cccc(-c3cccc4c3CC[C@@H]4Oc3nc(OC)c(CN4CC[C@@H](c5nnn[nH]5)C4)cc3Cl)c2Cl)ccc1CNC[C@@H]1CCC(=O)N1. The predicted molar refractivity (Wildman–Crippen MR) is 204 cm³/mol. The number of H-pyrrole nitrogens is 1. The van der Waals surface area contributed by atoms with Gasteiger partial charge in [-0.15, -0.1) is 5.10 Å². The van der Waals surface area contributed by atoms with Crippen LogP contribution in [0.4, 0.5) is 0 Å². The van der Waals surface area contributed by atoms with Crippen LogP contribution in [0.1, 0.15) is 65.8 Å². The Morgan fingerprint density at radius 2 is 1.72 bits per heavy atom. The maximum atomic E-state index is 11.5. The molecule has 1 aliphatic carbocycles. The molecule has 2 saturated heterocycles. The van der Waals surface area contributed by atoms with Crippen LogP contribution < -0.4 is 24.8 Å². The highest BCUT2D eigenvalue weighted by Gasteiger charge is 2.31.